The zero-order chi connectivity index (χ0) is 31.6. The van der Waals surface area contributed by atoms with E-state index in [9.17, 15) is 0 Å². The van der Waals surface area contributed by atoms with Gasteiger partial charge in [0.25, 0.3) is 0 Å². The van der Waals surface area contributed by atoms with Crippen molar-refractivity contribution >= 4 is 0 Å². The molecule has 5 aliphatic carbocycles. The maximum Gasteiger partial charge on any atom is -0.0147 e. The van der Waals surface area contributed by atoms with Gasteiger partial charge in [-0.1, -0.05) is 100 Å². The van der Waals surface area contributed by atoms with Crippen LogP contribution in [0.15, 0.2) is 72.8 Å². The van der Waals surface area contributed by atoms with Crippen molar-refractivity contribution in [2.75, 3.05) is 0 Å². The number of aryl methyl sites for hydroxylation is 2. The first kappa shape index (κ1) is 33.3. The van der Waals surface area contributed by atoms with Gasteiger partial charge in [-0.05, 0) is 166 Å². The molecule has 0 saturated heterocycles. The number of fused-ring (bicyclic) bond motifs is 3. The Kier molecular flexibility index (Phi) is 10.4. The Morgan fingerprint density at radius 2 is 1.52 bits per heavy atom. The van der Waals surface area contributed by atoms with Crippen LogP contribution >= 0.6 is 0 Å². The van der Waals surface area contributed by atoms with Crippen LogP contribution in [-0.4, -0.2) is 0 Å². The van der Waals surface area contributed by atoms with Gasteiger partial charge in [-0.25, -0.2) is 0 Å². The van der Waals surface area contributed by atoms with Crippen molar-refractivity contribution in [1.82, 2.24) is 0 Å². The number of hydrogen-bond acceptors (Lipinski definition) is 0. The normalized spacial score (nSPS) is 31.3. The molecule has 6 unspecified atom stereocenters. The maximum absolute atomic E-state index is 4.14. The Morgan fingerprint density at radius 1 is 0.909 bits per heavy atom. The van der Waals surface area contributed by atoms with Gasteiger partial charge in [0.15, 0.2) is 0 Å². The predicted octanol–water partition coefficient (Wildman–Crippen LogP) is 12.4. The van der Waals surface area contributed by atoms with Gasteiger partial charge in [0, 0.05) is 0 Å². The summed E-state index contributed by atoms with van der Waals surface area (Å²) in [6.07, 6.45) is 16.9. The Balaban J connectivity index is 0.000000134. The number of hydrogen-bond donors (Lipinski definition) is 0. The van der Waals surface area contributed by atoms with Gasteiger partial charge in [0.05, 0.1) is 0 Å². The second-order valence-corrected chi connectivity index (χ2v) is 17.0. The van der Waals surface area contributed by atoms with E-state index in [4.69, 9.17) is 0 Å². The van der Waals surface area contributed by atoms with E-state index in [0.717, 1.165) is 46.8 Å². The van der Waals surface area contributed by atoms with Crippen molar-refractivity contribution in [3.8, 4) is 0 Å². The standard InChI is InChI=1S/C18H28.C15H22.C11H14/c1-7-16(13-18(5,6)14(2)3)12-17-11-9-8-10-15(17)4;1-9(2)3-14-10-4-12-6-13-5-11(14)8-15(12,13)7-10;1-9-6-7-10-4-2-3-5-11(10)8-9/h8-11,16H,2,7,12-13H2,1,3-6H3;10-14H,1,3-8H2,2H3;2-5,9H,6-8H2,1H3. The van der Waals surface area contributed by atoms with E-state index in [0.29, 0.717) is 0 Å². The van der Waals surface area contributed by atoms with Gasteiger partial charge in [0.2, 0.25) is 0 Å². The first-order valence-corrected chi connectivity index (χ1v) is 18.3. The summed E-state index contributed by atoms with van der Waals surface area (Å²) in [6, 6.07) is 17.6. The molecular weight excluding hydrogens is 528 g/mol. The highest BCUT2D eigenvalue weighted by molar-refractivity contribution is 5.29. The molecule has 1 spiro atoms. The summed E-state index contributed by atoms with van der Waals surface area (Å²) in [4.78, 5) is 0. The van der Waals surface area contributed by atoms with Gasteiger partial charge in [-0.3, -0.25) is 0 Å². The lowest BCUT2D eigenvalue weighted by Gasteiger charge is -2.49. The average Bonchev–Trinajstić information content (AvgIpc) is 3.37. The van der Waals surface area contributed by atoms with E-state index in [-0.39, 0.29) is 5.41 Å². The van der Waals surface area contributed by atoms with Gasteiger partial charge < -0.3 is 0 Å². The van der Waals surface area contributed by atoms with Crippen LogP contribution in [0.4, 0.5) is 0 Å². The maximum atomic E-state index is 4.14. The third kappa shape index (κ3) is 7.16. The van der Waals surface area contributed by atoms with Gasteiger partial charge in [-0.2, -0.15) is 0 Å². The second kappa shape index (κ2) is 13.7. The molecule has 0 aromatic heterocycles. The SMILES string of the molecule is C=C(C)C(C)(C)CC(CC)Cc1ccccc1C.C=C(C)CC1C2CC3CC4CC1CC34C2.CC1CCc2ccccc2C1. The Morgan fingerprint density at radius 3 is 2.11 bits per heavy atom. The molecule has 0 radical (unpaired) electrons. The van der Waals surface area contributed by atoms with Crippen LogP contribution in [0.3, 0.4) is 0 Å². The highest BCUT2D eigenvalue weighted by atomic mass is 14.7. The molecule has 4 fully saturated rings. The fourth-order valence-corrected chi connectivity index (χ4v) is 10.3. The van der Waals surface area contributed by atoms with Gasteiger partial charge in [0.1, 0.15) is 0 Å². The molecule has 2 aromatic rings. The molecule has 5 aliphatic rings. The highest BCUT2D eigenvalue weighted by Crippen LogP contribution is 2.77. The Hall–Kier alpha value is -2.08. The van der Waals surface area contributed by atoms with Crippen LogP contribution in [0.1, 0.15) is 122 Å². The summed E-state index contributed by atoms with van der Waals surface area (Å²) in [6.45, 7) is 24.2. The minimum absolute atomic E-state index is 0.253. The van der Waals surface area contributed by atoms with E-state index in [1.54, 1.807) is 43.2 Å². The van der Waals surface area contributed by atoms with E-state index in [1.165, 1.54) is 67.2 Å². The molecule has 0 amide bonds. The largest absolute Gasteiger partial charge is 0.100 e. The molecule has 0 N–H and O–H groups in total. The molecule has 4 saturated carbocycles. The molecule has 6 atom stereocenters. The summed E-state index contributed by atoms with van der Waals surface area (Å²) < 4.78 is 0. The Bertz CT molecular complexity index is 1270. The van der Waals surface area contributed by atoms with Crippen molar-refractivity contribution in [2.45, 2.75) is 126 Å². The zero-order valence-electron chi connectivity index (χ0n) is 29.6. The minimum Gasteiger partial charge on any atom is -0.100 e. The minimum atomic E-state index is 0.253. The summed E-state index contributed by atoms with van der Waals surface area (Å²) in [5.41, 5.74) is 9.96. The number of rotatable bonds is 8. The van der Waals surface area contributed by atoms with Crippen molar-refractivity contribution in [2.24, 2.45) is 52.3 Å². The first-order chi connectivity index (χ1) is 20.9. The molecular formula is C44H64. The Labute approximate surface area is 272 Å². The lowest BCUT2D eigenvalue weighted by atomic mass is 9.56. The third-order valence-electron chi connectivity index (χ3n) is 13.3. The monoisotopic (exact) mass is 593 g/mol. The van der Waals surface area contributed by atoms with Gasteiger partial charge >= 0.3 is 0 Å². The topological polar surface area (TPSA) is 0 Å². The molecule has 0 heterocycles. The lowest BCUT2D eigenvalue weighted by molar-refractivity contribution is -0.00163. The summed E-state index contributed by atoms with van der Waals surface area (Å²) in [7, 11) is 0. The van der Waals surface area contributed by atoms with Crippen LogP contribution in [0, 0.1) is 59.2 Å². The van der Waals surface area contributed by atoms with E-state index in [1.807, 2.05) is 0 Å². The molecule has 2 aromatic carbocycles. The molecule has 0 aliphatic heterocycles. The van der Waals surface area contributed by atoms with Gasteiger partial charge in [-0.15, -0.1) is 6.58 Å². The van der Waals surface area contributed by atoms with Crippen LogP contribution in [0.25, 0.3) is 0 Å². The first-order valence-electron chi connectivity index (χ1n) is 18.3. The highest BCUT2D eigenvalue weighted by Gasteiger charge is 2.68. The summed E-state index contributed by atoms with van der Waals surface area (Å²) in [5.74, 6) is 7.18. The number of allylic oxidation sites excluding steroid dienone is 2. The quantitative estimate of drug-likeness (QED) is 0.267. The lowest BCUT2D eigenvalue weighted by Crippen LogP contribution is -2.41. The van der Waals surface area contributed by atoms with E-state index < -0.39 is 0 Å². The van der Waals surface area contributed by atoms with Crippen LogP contribution < -0.4 is 0 Å². The third-order valence-corrected chi connectivity index (χ3v) is 13.3. The molecule has 7 rings (SSSR count). The van der Waals surface area contributed by atoms with Crippen LogP contribution in [0.5, 0.6) is 0 Å². The molecule has 240 valence electrons. The average molecular weight is 593 g/mol. The number of benzene rings is 2. The fraction of sp³-hybridized carbons (Fsp3) is 0.636. The van der Waals surface area contributed by atoms with E-state index >= 15 is 0 Å². The summed E-state index contributed by atoms with van der Waals surface area (Å²) >= 11 is 0. The predicted molar refractivity (Wildman–Crippen MR) is 192 cm³/mol. The van der Waals surface area contributed by atoms with Crippen LogP contribution in [0.2, 0.25) is 0 Å². The second-order valence-electron chi connectivity index (χ2n) is 17.0. The molecule has 44 heavy (non-hydrogen) atoms. The van der Waals surface area contributed by atoms with E-state index in [2.05, 4.69) is 110 Å². The molecule has 0 heteroatoms. The zero-order valence-corrected chi connectivity index (χ0v) is 29.6. The summed E-state index contributed by atoms with van der Waals surface area (Å²) in [5, 5.41) is 0. The van der Waals surface area contributed by atoms with Crippen LogP contribution in [-0.2, 0) is 19.3 Å². The molecule has 3 bridgehead atoms. The van der Waals surface area contributed by atoms with Crippen molar-refractivity contribution in [1.29, 1.82) is 0 Å². The van der Waals surface area contributed by atoms with Crippen molar-refractivity contribution in [3.63, 3.8) is 0 Å². The van der Waals surface area contributed by atoms with Crippen molar-refractivity contribution in [3.05, 3.63) is 95.1 Å². The smallest absolute Gasteiger partial charge is 0.0147 e. The molecule has 0 nitrogen and oxygen atoms in total. The fourth-order valence-electron chi connectivity index (χ4n) is 10.3. The van der Waals surface area contributed by atoms with Crippen molar-refractivity contribution < 1.29 is 0 Å².